The summed E-state index contributed by atoms with van der Waals surface area (Å²) in [6.07, 6.45) is -2.35. The van der Waals surface area contributed by atoms with Crippen molar-refractivity contribution in [2.24, 2.45) is 0 Å². The largest absolute Gasteiger partial charge is 0.465 e. The minimum absolute atomic E-state index is 0.459. The SMILES string of the molecule is O=C(O)N[C@H](c1ccc(Cl)cc1Br)[C@@H](O)c1cccc(Cl)c1. The predicted molar refractivity (Wildman–Crippen MR) is 89.5 cm³/mol. The monoisotopic (exact) mass is 403 g/mol. The molecule has 0 aliphatic carbocycles. The topological polar surface area (TPSA) is 69.6 Å². The first-order chi connectivity index (χ1) is 10.4. The van der Waals surface area contributed by atoms with Gasteiger partial charge in [0.05, 0.1) is 6.04 Å². The van der Waals surface area contributed by atoms with E-state index in [4.69, 9.17) is 28.3 Å². The van der Waals surface area contributed by atoms with Gasteiger partial charge in [-0.05, 0) is 35.4 Å². The van der Waals surface area contributed by atoms with Gasteiger partial charge < -0.3 is 15.5 Å². The Hall–Kier alpha value is -1.27. The molecular weight excluding hydrogens is 393 g/mol. The van der Waals surface area contributed by atoms with Crippen molar-refractivity contribution < 1.29 is 15.0 Å². The van der Waals surface area contributed by atoms with Gasteiger partial charge in [0.1, 0.15) is 6.10 Å². The molecule has 4 nitrogen and oxygen atoms in total. The number of amides is 1. The number of nitrogens with one attached hydrogen (secondary N) is 1. The van der Waals surface area contributed by atoms with Crippen molar-refractivity contribution in [2.45, 2.75) is 12.1 Å². The molecule has 7 heteroatoms. The Morgan fingerprint density at radius 3 is 2.41 bits per heavy atom. The van der Waals surface area contributed by atoms with Crippen LogP contribution in [0.1, 0.15) is 23.3 Å². The van der Waals surface area contributed by atoms with E-state index in [0.29, 0.717) is 25.6 Å². The molecule has 0 bridgehead atoms. The standard InChI is InChI=1S/C15H12BrCl2NO3/c16-12-7-10(18)4-5-11(12)13(19-15(21)22)14(20)8-2-1-3-9(17)6-8/h1-7,13-14,19-20H,(H,21,22)/t13-,14+/m1/s1. The third-order valence-corrected chi connectivity index (χ3v) is 4.24. The van der Waals surface area contributed by atoms with Crippen LogP contribution in [0.2, 0.25) is 10.0 Å². The van der Waals surface area contributed by atoms with Gasteiger partial charge in [-0.15, -0.1) is 0 Å². The van der Waals surface area contributed by atoms with Crippen LogP contribution in [-0.4, -0.2) is 16.3 Å². The molecule has 0 radical (unpaired) electrons. The highest BCUT2D eigenvalue weighted by atomic mass is 79.9. The second-order valence-corrected chi connectivity index (χ2v) is 6.32. The van der Waals surface area contributed by atoms with Crippen molar-refractivity contribution in [3.63, 3.8) is 0 Å². The van der Waals surface area contributed by atoms with Gasteiger partial charge >= 0.3 is 6.09 Å². The van der Waals surface area contributed by atoms with Gasteiger partial charge in [0.2, 0.25) is 0 Å². The van der Waals surface area contributed by atoms with Gasteiger partial charge in [-0.1, -0.05) is 57.3 Å². The number of carbonyl (C=O) groups is 1. The lowest BCUT2D eigenvalue weighted by Crippen LogP contribution is -2.31. The first-order valence-electron chi connectivity index (χ1n) is 6.26. The Morgan fingerprint density at radius 2 is 1.82 bits per heavy atom. The molecule has 0 saturated heterocycles. The zero-order valence-corrected chi connectivity index (χ0v) is 14.2. The summed E-state index contributed by atoms with van der Waals surface area (Å²) in [5, 5.41) is 22.9. The summed E-state index contributed by atoms with van der Waals surface area (Å²) in [7, 11) is 0. The molecule has 3 N–H and O–H groups in total. The fourth-order valence-corrected chi connectivity index (χ4v) is 3.22. The molecule has 0 aliphatic rings. The third-order valence-electron chi connectivity index (χ3n) is 3.08. The number of carboxylic acid groups (broad SMARTS) is 1. The number of rotatable bonds is 4. The van der Waals surface area contributed by atoms with Crippen LogP contribution in [-0.2, 0) is 0 Å². The Balaban J connectivity index is 2.43. The fourth-order valence-electron chi connectivity index (χ4n) is 2.10. The van der Waals surface area contributed by atoms with Gasteiger partial charge in [-0.2, -0.15) is 0 Å². The lowest BCUT2D eigenvalue weighted by molar-refractivity contribution is 0.120. The molecule has 0 aliphatic heterocycles. The maximum atomic E-state index is 11.1. The van der Waals surface area contributed by atoms with E-state index in [2.05, 4.69) is 21.2 Å². The molecule has 22 heavy (non-hydrogen) atoms. The highest BCUT2D eigenvalue weighted by molar-refractivity contribution is 9.10. The van der Waals surface area contributed by atoms with Gasteiger partial charge in [0.15, 0.2) is 0 Å². The normalized spacial score (nSPS) is 13.5. The van der Waals surface area contributed by atoms with E-state index in [1.165, 1.54) is 0 Å². The van der Waals surface area contributed by atoms with Gasteiger partial charge in [-0.3, -0.25) is 0 Å². The summed E-state index contributed by atoms with van der Waals surface area (Å²) < 4.78 is 0.597. The molecule has 2 aromatic carbocycles. The Labute approximate surface area is 145 Å². The molecule has 2 atom stereocenters. The molecule has 0 spiro atoms. The molecule has 1 amide bonds. The summed E-state index contributed by atoms with van der Waals surface area (Å²) in [6, 6.07) is 10.7. The van der Waals surface area contributed by atoms with Crippen LogP contribution in [0.15, 0.2) is 46.9 Å². The van der Waals surface area contributed by atoms with E-state index in [1.54, 1.807) is 42.5 Å². The number of aliphatic hydroxyl groups is 1. The third kappa shape index (κ3) is 4.14. The van der Waals surface area contributed by atoms with Crippen LogP contribution in [0.25, 0.3) is 0 Å². The lowest BCUT2D eigenvalue weighted by Gasteiger charge is -2.25. The smallest absolute Gasteiger partial charge is 0.405 e. The highest BCUT2D eigenvalue weighted by Crippen LogP contribution is 2.35. The van der Waals surface area contributed by atoms with Crippen LogP contribution >= 0.6 is 39.1 Å². The summed E-state index contributed by atoms with van der Waals surface area (Å²) in [5.41, 5.74) is 1.08. The molecule has 0 fully saturated rings. The van der Waals surface area contributed by atoms with E-state index >= 15 is 0 Å². The molecule has 0 unspecified atom stereocenters. The van der Waals surface area contributed by atoms with E-state index in [0.717, 1.165) is 0 Å². The molecule has 0 heterocycles. The van der Waals surface area contributed by atoms with Crippen LogP contribution < -0.4 is 5.32 Å². The van der Waals surface area contributed by atoms with Crippen molar-refractivity contribution in [1.29, 1.82) is 0 Å². The van der Waals surface area contributed by atoms with Crippen molar-refractivity contribution in [1.82, 2.24) is 5.32 Å². The maximum Gasteiger partial charge on any atom is 0.405 e. The number of hydrogen-bond acceptors (Lipinski definition) is 2. The number of benzene rings is 2. The van der Waals surface area contributed by atoms with Gasteiger partial charge in [0.25, 0.3) is 0 Å². The quantitative estimate of drug-likeness (QED) is 0.685. The van der Waals surface area contributed by atoms with Crippen molar-refractivity contribution in [3.05, 3.63) is 68.1 Å². The zero-order chi connectivity index (χ0) is 16.3. The minimum atomic E-state index is -1.24. The molecular formula is C15H12BrCl2NO3. The molecule has 0 saturated carbocycles. The van der Waals surface area contributed by atoms with Crippen LogP contribution in [0, 0.1) is 0 Å². The van der Waals surface area contributed by atoms with Gasteiger partial charge in [0, 0.05) is 14.5 Å². The van der Waals surface area contributed by atoms with Crippen LogP contribution in [0.3, 0.4) is 0 Å². The van der Waals surface area contributed by atoms with Crippen molar-refractivity contribution >= 4 is 45.2 Å². The fraction of sp³-hybridized carbons (Fsp3) is 0.133. The second-order valence-electron chi connectivity index (χ2n) is 4.59. The predicted octanol–water partition coefficient (Wildman–Crippen LogP) is 4.80. The number of aliphatic hydroxyl groups excluding tert-OH is 1. The van der Waals surface area contributed by atoms with E-state index < -0.39 is 18.2 Å². The summed E-state index contributed by atoms with van der Waals surface area (Å²) >= 11 is 15.2. The average molecular weight is 405 g/mol. The first-order valence-corrected chi connectivity index (χ1v) is 7.81. The van der Waals surface area contributed by atoms with Crippen molar-refractivity contribution in [2.75, 3.05) is 0 Å². The zero-order valence-electron chi connectivity index (χ0n) is 11.1. The van der Waals surface area contributed by atoms with E-state index in [-0.39, 0.29) is 0 Å². The molecule has 2 rings (SSSR count). The maximum absolute atomic E-state index is 11.1. The first kappa shape index (κ1) is 17.1. The molecule has 0 aromatic heterocycles. The Bertz CT molecular complexity index is 696. The minimum Gasteiger partial charge on any atom is -0.465 e. The molecule has 2 aromatic rings. The summed E-state index contributed by atoms with van der Waals surface area (Å²) in [6.45, 7) is 0. The van der Waals surface area contributed by atoms with Crippen LogP contribution in [0.4, 0.5) is 4.79 Å². The molecule has 116 valence electrons. The van der Waals surface area contributed by atoms with E-state index in [1.807, 2.05) is 0 Å². The summed E-state index contributed by atoms with van der Waals surface area (Å²) in [5.74, 6) is 0. The highest BCUT2D eigenvalue weighted by Gasteiger charge is 2.26. The summed E-state index contributed by atoms with van der Waals surface area (Å²) in [4.78, 5) is 11.1. The lowest BCUT2D eigenvalue weighted by atomic mass is 9.96. The average Bonchev–Trinajstić information content (AvgIpc) is 2.44. The second kappa shape index (κ2) is 7.33. The van der Waals surface area contributed by atoms with Crippen LogP contribution in [0.5, 0.6) is 0 Å². The van der Waals surface area contributed by atoms with Crippen molar-refractivity contribution in [3.8, 4) is 0 Å². The van der Waals surface area contributed by atoms with E-state index in [9.17, 15) is 9.90 Å². The number of hydrogen-bond donors (Lipinski definition) is 3. The Kier molecular flexibility index (Phi) is 5.69. The van der Waals surface area contributed by atoms with Gasteiger partial charge in [-0.25, -0.2) is 4.79 Å². The number of halogens is 3. The Morgan fingerprint density at radius 1 is 1.14 bits per heavy atom.